The van der Waals surface area contributed by atoms with Gasteiger partial charge >= 0.3 is 0 Å². The molecule has 0 saturated carbocycles. The van der Waals surface area contributed by atoms with Crippen molar-refractivity contribution in [3.63, 3.8) is 0 Å². The number of aliphatic imine (C=N–C) groups is 1. The molecule has 0 amide bonds. The first-order valence-electron chi connectivity index (χ1n) is 11.0. The molecule has 2 aromatic rings. The molecule has 0 spiro atoms. The number of aliphatic hydroxyl groups is 1. The van der Waals surface area contributed by atoms with Crippen LogP contribution in [0, 0.1) is 0 Å². The Labute approximate surface area is 209 Å². The molecule has 2 aromatic carbocycles. The zero-order chi connectivity index (χ0) is 22.6. The van der Waals surface area contributed by atoms with Gasteiger partial charge in [0.1, 0.15) is 5.75 Å². The van der Waals surface area contributed by atoms with Gasteiger partial charge in [-0.3, -0.25) is 0 Å². The molecule has 1 unspecified atom stereocenters. The zero-order valence-electron chi connectivity index (χ0n) is 19.8. The monoisotopic (exact) mass is 555 g/mol. The summed E-state index contributed by atoms with van der Waals surface area (Å²) in [5, 5.41) is 17.0. The Kier molecular flexibility index (Phi) is 13.3. The topological polar surface area (TPSA) is 75.1 Å². The van der Waals surface area contributed by atoms with Gasteiger partial charge in [-0.25, -0.2) is 4.99 Å². The van der Waals surface area contributed by atoms with Crippen molar-refractivity contribution < 1.29 is 14.6 Å². The molecule has 0 aliphatic carbocycles. The van der Waals surface area contributed by atoms with E-state index < -0.39 is 6.10 Å². The summed E-state index contributed by atoms with van der Waals surface area (Å²) in [5.41, 5.74) is 3.07. The van der Waals surface area contributed by atoms with Crippen LogP contribution in [0.1, 0.15) is 57.4 Å². The lowest BCUT2D eigenvalue weighted by molar-refractivity contribution is 0.0657. The van der Waals surface area contributed by atoms with Crippen molar-refractivity contribution in [2.75, 3.05) is 13.1 Å². The van der Waals surface area contributed by atoms with Crippen molar-refractivity contribution >= 4 is 29.9 Å². The Morgan fingerprint density at radius 2 is 1.66 bits per heavy atom. The van der Waals surface area contributed by atoms with Crippen LogP contribution >= 0.6 is 24.0 Å². The van der Waals surface area contributed by atoms with Gasteiger partial charge in [0.15, 0.2) is 5.96 Å². The fourth-order valence-corrected chi connectivity index (χ4v) is 2.89. The van der Waals surface area contributed by atoms with E-state index in [9.17, 15) is 5.11 Å². The number of nitrogens with one attached hydrogen (secondary N) is 2. The van der Waals surface area contributed by atoms with E-state index in [1.807, 2.05) is 58.9 Å². The fraction of sp³-hybridized carbons (Fsp3) is 0.480. The summed E-state index contributed by atoms with van der Waals surface area (Å²) >= 11 is 0. The fourth-order valence-electron chi connectivity index (χ4n) is 2.89. The first-order valence-corrected chi connectivity index (χ1v) is 11.0. The normalized spacial score (nSPS) is 12.4. The summed E-state index contributed by atoms with van der Waals surface area (Å²) in [6, 6.07) is 15.9. The number of aliphatic hydroxyl groups excluding tert-OH is 1. The van der Waals surface area contributed by atoms with Crippen LogP contribution in [0.3, 0.4) is 0 Å². The first-order chi connectivity index (χ1) is 14.9. The Hall–Kier alpha value is -1.84. The lowest BCUT2D eigenvalue weighted by Crippen LogP contribution is -2.39. The Bertz CT molecular complexity index is 810. The molecule has 3 N–H and O–H groups in total. The maximum absolute atomic E-state index is 10.6. The van der Waals surface area contributed by atoms with E-state index in [2.05, 4.69) is 39.9 Å². The third kappa shape index (κ3) is 10.7. The number of benzene rings is 2. The van der Waals surface area contributed by atoms with Gasteiger partial charge < -0.3 is 25.2 Å². The molecule has 7 heteroatoms. The average molecular weight is 556 g/mol. The van der Waals surface area contributed by atoms with E-state index >= 15 is 0 Å². The van der Waals surface area contributed by atoms with Gasteiger partial charge in [-0.15, -0.1) is 24.0 Å². The second kappa shape index (κ2) is 15.1. The van der Waals surface area contributed by atoms with Crippen LogP contribution in [-0.2, 0) is 17.9 Å². The second-order valence-electron chi connectivity index (χ2n) is 8.01. The van der Waals surface area contributed by atoms with Gasteiger partial charge in [-0.2, -0.15) is 0 Å². The minimum absolute atomic E-state index is 0. The van der Waals surface area contributed by atoms with Crippen LogP contribution in [0.5, 0.6) is 5.75 Å². The average Bonchev–Trinajstić information content (AvgIpc) is 2.74. The number of halogens is 1. The van der Waals surface area contributed by atoms with Crippen LogP contribution in [0.4, 0.5) is 0 Å². The highest BCUT2D eigenvalue weighted by Crippen LogP contribution is 2.20. The molecule has 2 rings (SSSR count). The summed E-state index contributed by atoms with van der Waals surface area (Å²) < 4.78 is 11.4. The van der Waals surface area contributed by atoms with E-state index in [1.165, 1.54) is 0 Å². The van der Waals surface area contributed by atoms with Crippen molar-refractivity contribution in [1.82, 2.24) is 10.6 Å². The predicted molar refractivity (Wildman–Crippen MR) is 142 cm³/mol. The van der Waals surface area contributed by atoms with Crippen LogP contribution in [-0.4, -0.2) is 36.4 Å². The number of hydrogen-bond acceptors (Lipinski definition) is 4. The minimum atomic E-state index is -0.667. The molecule has 0 aromatic heterocycles. The molecule has 0 radical (unpaired) electrons. The predicted octanol–water partition coefficient (Wildman–Crippen LogP) is 4.81. The summed E-state index contributed by atoms with van der Waals surface area (Å²) in [4.78, 5) is 4.64. The number of guanidine groups is 1. The molecular weight excluding hydrogens is 517 g/mol. The summed E-state index contributed by atoms with van der Waals surface area (Å²) in [5.74, 6) is 1.43. The van der Waals surface area contributed by atoms with Crippen LogP contribution in [0.2, 0.25) is 0 Å². The van der Waals surface area contributed by atoms with Crippen molar-refractivity contribution in [3.8, 4) is 5.75 Å². The molecule has 6 nitrogen and oxygen atoms in total. The summed E-state index contributed by atoms with van der Waals surface area (Å²) in [7, 11) is 0. The Morgan fingerprint density at radius 3 is 2.28 bits per heavy atom. The molecule has 32 heavy (non-hydrogen) atoms. The molecule has 0 heterocycles. The second-order valence-corrected chi connectivity index (χ2v) is 8.01. The maximum Gasteiger partial charge on any atom is 0.191 e. The standard InChI is InChI=1S/C25H37N3O3.HI/c1-6-26-25(27-15-20-10-12-21(13-11-20)17-30-18(2)3)28-16-24(29)22-8-7-9-23(14-22)31-19(4)5;/h7-14,18-19,24,29H,6,15-17H2,1-5H3,(H2,26,27,28);1H. The maximum atomic E-state index is 10.6. The first kappa shape index (κ1) is 28.2. The van der Waals surface area contributed by atoms with Gasteiger partial charge in [-0.1, -0.05) is 36.4 Å². The molecule has 0 bridgehead atoms. The lowest BCUT2D eigenvalue weighted by Gasteiger charge is -2.17. The number of hydrogen-bond donors (Lipinski definition) is 3. The van der Waals surface area contributed by atoms with Crippen molar-refractivity contribution in [2.45, 2.75) is 66.1 Å². The number of rotatable bonds is 11. The summed E-state index contributed by atoms with van der Waals surface area (Å²) in [6.07, 6.45) is -0.354. The van der Waals surface area contributed by atoms with Gasteiger partial charge in [0.25, 0.3) is 0 Å². The minimum Gasteiger partial charge on any atom is -0.491 e. The lowest BCUT2D eigenvalue weighted by atomic mass is 10.1. The van der Waals surface area contributed by atoms with Gasteiger partial charge in [0, 0.05) is 13.1 Å². The molecule has 178 valence electrons. The van der Waals surface area contributed by atoms with Crippen LogP contribution < -0.4 is 15.4 Å². The third-order valence-electron chi connectivity index (χ3n) is 4.45. The van der Waals surface area contributed by atoms with E-state index in [0.29, 0.717) is 25.7 Å². The van der Waals surface area contributed by atoms with E-state index in [4.69, 9.17) is 9.47 Å². The largest absolute Gasteiger partial charge is 0.491 e. The van der Waals surface area contributed by atoms with Crippen molar-refractivity contribution in [3.05, 3.63) is 65.2 Å². The zero-order valence-corrected chi connectivity index (χ0v) is 22.1. The molecule has 1 atom stereocenters. The summed E-state index contributed by atoms with van der Waals surface area (Å²) in [6.45, 7) is 12.3. The van der Waals surface area contributed by atoms with E-state index in [1.54, 1.807) is 0 Å². The molecule has 0 aliphatic rings. The molecular formula is C25H38IN3O3. The SMILES string of the molecule is CCNC(=NCc1ccc(COC(C)C)cc1)NCC(O)c1cccc(OC(C)C)c1.I. The number of nitrogens with zero attached hydrogens (tertiary/aromatic N) is 1. The van der Waals surface area contributed by atoms with Crippen molar-refractivity contribution in [1.29, 1.82) is 0 Å². The Balaban J connectivity index is 0.00000512. The smallest absolute Gasteiger partial charge is 0.191 e. The number of ether oxygens (including phenoxy) is 2. The third-order valence-corrected chi connectivity index (χ3v) is 4.45. The highest BCUT2D eigenvalue weighted by molar-refractivity contribution is 14.0. The van der Waals surface area contributed by atoms with Crippen LogP contribution in [0.25, 0.3) is 0 Å². The highest BCUT2D eigenvalue weighted by atomic mass is 127. The molecule has 0 saturated heterocycles. The van der Waals surface area contributed by atoms with Crippen molar-refractivity contribution in [2.24, 2.45) is 4.99 Å². The van der Waals surface area contributed by atoms with Gasteiger partial charge in [0.2, 0.25) is 0 Å². The van der Waals surface area contributed by atoms with Crippen LogP contribution in [0.15, 0.2) is 53.5 Å². The van der Waals surface area contributed by atoms with E-state index in [-0.39, 0.29) is 36.2 Å². The highest BCUT2D eigenvalue weighted by Gasteiger charge is 2.10. The Morgan fingerprint density at radius 1 is 0.969 bits per heavy atom. The quantitative estimate of drug-likeness (QED) is 0.211. The molecule has 0 aliphatic heterocycles. The molecule has 0 fully saturated rings. The van der Waals surface area contributed by atoms with Gasteiger partial charge in [0.05, 0.1) is 31.5 Å². The van der Waals surface area contributed by atoms with Gasteiger partial charge in [-0.05, 0) is 63.4 Å². The van der Waals surface area contributed by atoms with E-state index in [0.717, 1.165) is 29.0 Å².